The van der Waals surface area contributed by atoms with Gasteiger partial charge in [0.25, 0.3) is 5.56 Å². The Bertz CT molecular complexity index is 855. The summed E-state index contributed by atoms with van der Waals surface area (Å²) in [5.74, 6) is 0.508. The van der Waals surface area contributed by atoms with Crippen LogP contribution in [0.5, 0.6) is 0 Å². The second kappa shape index (κ2) is 4.70. The summed E-state index contributed by atoms with van der Waals surface area (Å²) in [6, 6.07) is 5.47. The third-order valence-electron chi connectivity index (χ3n) is 3.02. The van der Waals surface area contributed by atoms with E-state index in [1.807, 2.05) is 13.2 Å². The maximum Gasteiger partial charge on any atom is 0.262 e. The predicted octanol–water partition coefficient (Wildman–Crippen LogP) is 2.18. The Morgan fingerprint density at radius 3 is 3.00 bits per heavy atom. The number of nitrogens with zero attached hydrogens (tertiary/aromatic N) is 4. The van der Waals surface area contributed by atoms with Crippen LogP contribution in [-0.2, 0) is 6.54 Å². The van der Waals surface area contributed by atoms with Crippen LogP contribution >= 0.6 is 11.8 Å². The van der Waals surface area contributed by atoms with Crippen molar-refractivity contribution in [1.29, 1.82) is 0 Å². The molecule has 19 heavy (non-hydrogen) atoms. The summed E-state index contributed by atoms with van der Waals surface area (Å²) < 4.78 is 11.5. The standard InChI is InChI=1S/C13H14N4OS/c1-3-8-16-11(18)9-6-4-5-7-10(9)17-12(16)14-15-13(17)19-2/h4-7H,3,8H2,1-2H3/i7D. The van der Waals surface area contributed by atoms with Crippen molar-refractivity contribution in [2.24, 2.45) is 0 Å². The quantitative estimate of drug-likeness (QED) is 0.687. The number of benzene rings is 1. The number of aromatic nitrogens is 4. The Morgan fingerprint density at radius 2 is 2.26 bits per heavy atom. The molecule has 0 aliphatic rings. The Balaban J connectivity index is 2.61. The van der Waals surface area contributed by atoms with Crippen LogP contribution in [-0.4, -0.2) is 25.4 Å². The molecule has 0 aliphatic heterocycles. The first-order valence-corrected chi connectivity index (χ1v) is 7.32. The highest BCUT2D eigenvalue weighted by molar-refractivity contribution is 7.98. The highest BCUT2D eigenvalue weighted by Crippen LogP contribution is 2.19. The number of thioether (sulfide) groups is 1. The Hall–Kier alpha value is -1.82. The first-order valence-electron chi connectivity index (χ1n) is 6.60. The van der Waals surface area contributed by atoms with Crippen molar-refractivity contribution in [3.63, 3.8) is 0 Å². The Morgan fingerprint density at radius 1 is 1.42 bits per heavy atom. The molecule has 2 heterocycles. The van der Waals surface area contributed by atoms with E-state index < -0.39 is 0 Å². The Labute approximate surface area is 115 Å². The van der Waals surface area contributed by atoms with Gasteiger partial charge in [0.2, 0.25) is 5.78 Å². The van der Waals surface area contributed by atoms with Crippen molar-refractivity contribution in [1.82, 2.24) is 19.2 Å². The minimum absolute atomic E-state index is 0.108. The maximum absolute atomic E-state index is 12.6. The number of para-hydroxylation sites is 1. The lowest BCUT2D eigenvalue weighted by molar-refractivity contribution is 0.662. The monoisotopic (exact) mass is 275 g/mol. The third kappa shape index (κ3) is 1.74. The molecule has 0 fully saturated rings. The molecule has 2 aromatic heterocycles. The molecule has 3 aromatic rings. The fraction of sp³-hybridized carbons (Fsp3) is 0.308. The summed E-state index contributed by atoms with van der Waals surface area (Å²) in [7, 11) is 0. The van der Waals surface area contributed by atoms with E-state index in [0.717, 1.165) is 6.42 Å². The van der Waals surface area contributed by atoms with Crippen molar-refractivity contribution in [3.8, 4) is 0 Å². The van der Waals surface area contributed by atoms with Gasteiger partial charge < -0.3 is 0 Å². The van der Waals surface area contributed by atoms with Crippen molar-refractivity contribution < 1.29 is 1.37 Å². The molecular formula is C13H14N4OS. The van der Waals surface area contributed by atoms with Gasteiger partial charge in [-0.2, -0.15) is 0 Å². The first kappa shape index (κ1) is 11.0. The summed E-state index contributed by atoms with van der Waals surface area (Å²) in [5, 5.41) is 9.48. The van der Waals surface area contributed by atoms with Gasteiger partial charge in [0.15, 0.2) is 5.16 Å². The average Bonchev–Trinajstić information content (AvgIpc) is 2.87. The normalized spacial score (nSPS) is 12.2. The molecule has 0 aliphatic carbocycles. The second-order valence-electron chi connectivity index (χ2n) is 4.21. The first-order chi connectivity index (χ1) is 9.69. The van der Waals surface area contributed by atoms with Crippen molar-refractivity contribution in [2.75, 3.05) is 6.26 Å². The van der Waals surface area contributed by atoms with Crippen LogP contribution in [0.25, 0.3) is 16.7 Å². The molecule has 0 saturated heterocycles. The van der Waals surface area contributed by atoms with Crippen LogP contribution in [0.15, 0.2) is 34.2 Å². The summed E-state index contributed by atoms with van der Waals surface area (Å²) >= 11 is 1.45. The van der Waals surface area contributed by atoms with Gasteiger partial charge in [-0.1, -0.05) is 30.8 Å². The fourth-order valence-electron chi connectivity index (χ4n) is 2.21. The van der Waals surface area contributed by atoms with Crippen LogP contribution in [0.4, 0.5) is 0 Å². The molecule has 98 valence electrons. The van der Waals surface area contributed by atoms with Gasteiger partial charge in [-0.05, 0) is 24.8 Å². The van der Waals surface area contributed by atoms with Gasteiger partial charge in [0, 0.05) is 6.54 Å². The smallest absolute Gasteiger partial charge is 0.262 e. The molecule has 0 atom stereocenters. The van der Waals surface area contributed by atoms with E-state index in [0.29, 0.717) is 34.4 Å². The third-order valence-corrected chi connectivity index (χ3v) is 3.65. The molecular weight excluding hydrogens is 260 g/mol. The van der Waals surface area contributed by atoms with Gasteiger partial charge in [-0.25, -0.2) is 0 Å². The largest absolute Gasteiger partial charge is 0.276 e. The highest BCUT2D eigenvalue weighted by Gasteiger charge is 2.14. The maximum atomic E-state index is 12.6. The zero-order chi connectivity index (χ0) is 14.3. The fourth-order valence-corrected chi connectivity index (χ4v) is 2.69. The van der Waals surface area contributed by atoms with Gasteiger partial charge in [-0.3, -0.25) is 13.8 Å². The number of rotatable bonds is 3. The van der Waals surface area contributed by atoms with Gasteiger partial charge in [0.05, 0.1) is 12.3 Å². The van der Waals surface area contributed by atoms with Gasteiger partial charge in [-0.15, -0.1) is 10.2 Å². The lowest BCUT2D eigenvalue weighted by Crippen LogP contribution is -2.23. The molecule has 0 radical (unpaired) electrons. The van der Waals surface area contributed by atoms with Crippen LogP contribution in [0.2, 0.25) is 0 Å². The molecule has 0 saturated carbocycles. The number of fused-ring (bicyclic) bond motifs is 3. The molecule has 6 heteroatoms. The summed E-state index contributed by atoms with van der Waals surface area (Å²) in [5.41, 5.74) is 0.470. The molecule has 3 rings (SSSR count). The summed E-state index contributed by atoms with van der Waals surface area (Å²) in [4.78, 5) is 12.6. The predicted molar refractivity (Wildman–Crippen MR) is 76.8 cm³/mol. The highest BCUT2D eigenvalue weighted by atomic mass is 32.2. The lowest BCUT2D eigenvalue weighted by atomic mass is 10.2. The van der Waals surface area contributed by atoms with Crippen molar-refractivity contribution in [2.45, 2.75) is 25.0 Å². The van der Waals surface area contributed by atoms with Gasteiger partial charge >= 0.3 is 0 Å². The van der Waals surface area contributed by atoms with Crippen LogP contribution in [0, 0.1) is 0 Å². The van der Waals surface area contributed by atoms with E-state index in [2.05, 4.69) is 10.2 Å². The number of aryl methyl sites for hydroxylation is 1. The molecule has 0 amide bonds. The summed E-state index contributed by atoms with van der Waals surface area (Å²) in [6.45, 7) is 2.60. The number of hydrogen-bond donors (Lipinski definition) is 0. The van der Waals surface area contributed by atoms with E-state index in [1.165, 1.54) is 11.8 Å². The van der Waals surface area contributed by atoms with Crippen LogP contribution < -0.4 is 5.56 Å². The SMILES string of the molecule is [2H]c1cccc2c(=O)n(CCC)c3nnc(SC)n3c12. The second-order valence-corrected chi connectivity index (χ2v) is 4.98. The number of hydrogen-bond acceptors (Lipinski definition) is 4. The summed E-state index contributed by atoms with van der Waals surface area (Å²) in [6.07, 6.45) is 2.74. The molecule has 0 unspecified atom stereocenters. The van der Waals surface area contributed by atoms with Crippen molar-refractivity contribution in [3.05, 3.63) is 34.6 Å². The zero-order valence-corrected chi connectivity index (χ0v) is 11.6. The molecule has 1 aromatic carbocycles. The lowest BCUT2D eigenvalue weighted by Gasteiger charge is -2.09. The molecule has 0 spiro atoms. The minimum Gasteiger partial charge on any atom is -0.276 e. The molecule has 0 N–H and O–H groups in total. The zero-order valence-electron chi connectivity index (χ0n) is 11.8. The Kier molecular flexibility index (Phi) is 2.73. The van der Waals surface area contributed by atoms with E-state index >= 15 is 0 Å². The van der Waals surface area contributed by atoms with E-state index in [4.69, 9.17) is 1.37 Å². The molecule has 5 nitrogen and oxygen atoms in total. The van der Waals surface area contributed by atoms with E-state index in [-0.39, 0.29) is 5.56 Å². The van der Waals surface area contributed by atoms with Crippen LogP contribution in [0.1, 0.15) is 14.7 Å². The average molecular weight is 275 g/mol. The topological polar surface area (TPSA) is 52.2 Å². The van der Waals surface area contributed by atoms with E-state index in [1.54, 1.807) is 27.2 Å². The van der Waals surface area contributed by atoms with Crippen molar-refractivity contribution >= 4 is 28.4 Å². The van der Waals surface area contributed by atoms with Gasteiger partial charge in [0.1, 0.15) is 0 Å². The molecule has 0 bridgehead atoms. The van der Waals surface area contributed by atoms with E-state index in [9.17, 15) is 4.79 Å². The minimum atomic E-state index is -0.108. The van der Waals surface area contributed by atoms with Crippen LogP contribution in [0.3, 0.4) is 0 Å².